The smallest absolute Gasteiger partial charge is 0.287 e. The fourth-order valence-corrected chi connectivity index (χ4v) is 2.18. The third-order valence-electron chi connectivity index (χ3n) is 3.11. The normalized spacial score (nSPS) is 15.4. The third kappa shape index (κ3) is 3.58. The number of aromatic nitrogens is 2. The van der Waals surface area contributed by atoms with Gasteiger partial charge >= 0.3 is 0 Å². The molecule has 0 unspecified atom stereocenters. The monoisotopic (exact) mass is 282 g/mol. The molecule has 104 valence electrons. The third-order valence-corrected chi connectivity index (χ3v) is 3.48. The number of rotatable bonds is 5. The van der Waals surface area contributed by atoms with Gasteiger partial charge < -0.3 is 10.2 Å². The van der Waals surface area contributed by atoms with Crippen molar-refractivity contribution in [2.24, 2.45) is 0 Å². The molecule has 0 spiro atoms. The number of nitrogens with zero attached hydrogens (tertiary/aromatic N) is 3. The Morgan fingerprint density at radius 3 is 2.79 bits per heavy atom. The summed E-state index contributed by atoms with van der Waals surface area (Å²) in [5.74, 6) is 0. The van der Waals surface area contributed by atoms with Crippen molar-refractivity contribution in [3.8, 4) is 0 Å². The summed E-state index contributed by atoms with van der Waals surface area (Å²) in [5, 5.41) is 7.65. The Hall–Kier alpha value is -1.33. The van der Waals surface area contributed by atoms with Crippen LogP contribution in [0.1, 0.15) is 12.8 Å². The van der Waals surface area contributed by atoms with Crippen LogP contribution in [0.3, 0.4) is 0 Å². The van der Waals surface area contributed by atoms with Gasteiger partial charge in [-0.25, -0.2) is 4.68 Å². The Morgan fingerprint density at radius 2 is 2.16 bits per heavy atom. The van der Waals surface area contributed by atoms with Crippen LogP contribution in [0, 0.1) is 0 Å². The highest BCUT2D eigenvalue weighted by atomic mass is 35.5. The van der Waals surface area contributed by atoms with Crippen LogP contribution < -0.4 is 10.9 Å². The molecule has 1 heterocycles. The summed E-state index contributed by atoms with van der Waals surface area (Å²) in [6.07, 6.45) is 7.80. The summed E-state index contributed by atoms with van der Waals surface area (Å²) in [5.41, 5.74) is 0.390. The van der Waals surface area contributed by atoms with Crippen LogP contribution >= 0.6 is 11.6 Å². The molecule has 19 heavy (non-hydrogen) atoms. The lowest BCUT2D eigenvalue weighted by Crippen LogP contribution is -2.30. The van der Waals surface area contributed by atoms with Gasteiger partial charge in [0, 0.05) is 12.6 Å². The molecule has 0 bridgehead atoms. The molecule has 0 aliphatic heterocycles. The van der Waals surface area contributed by atoms with E-state index in [0.29, 0.717) is 18.3 Å². The summed E-state index contributed by atoms with van der Waals surface area (Å²) in [7, 11) is 3.91. The van der Waals surface area contributed by atoms with E-state index in [9.17, 15) is 4.79 Å². The maximum absolute atomic E-state index is 12.1. The molecule has 0 radical (unpaired) electrons. The van der Waals surface area contributed by atoms with E-state index in [1.165, 1.54) is 4.68 Å². The molecule has 1 aromatic heterocycles. The number of nitrogens with one attached hydrogen (secondary N) is 1. The first-order valence-corrected chi connectivity index (χ1v) is 6.77. The minimum absolute atomic E-state index is 0.223. The van der Waals surface area contributed by atoms with Gasteiger partial charge in [-0.2, -0.15) is 5.10 Å². The second-order valence-electron chi connectivity index (χ2n) is 4.99. The van der Waals surface area contributed by atoms with Crippen LogP contribution in [-0.2, 0) is 6.54 Å². The molecule has 0 saturated carbocycles. The van der Waals surface area contributed by atoms with Gasteiger partial charge in [-0.3, -0.25) is 4.79 Å². The van der Waals surface area contributed by atoms with E-state index in [1.54, 1.807) is 6.20 Å². The van der Waals surface area contributed by atoms with Crippen molar-refractivity contribution in [2.45, 2.75) is 25.4 Å². The first-order valence-electron chi connectivity index (χ1n) is 6.40. The molecule has 2 rings (SSSR count). The van der Waals surface area contributed by atoms with Crippen molar-refractivity contribution in [2.75, 3.05) is 26.0 Å². The Balaban J connectivity index is 2.10. The van der Waals surface area contributed by atoms with E-state index in [1.807, 2.05) is 19.0 Å². The number of anilines is 1. The zero-order chi connectivity index (χ0) is 13.8. The Kier molecular flexibility index (Phi) is 4.61. The second-order valence-corrected chi connectivity index (χ2v) is 5.37. The SMILES string of the molecule is CN(C)CCn1ncc(NC2CC=CC2)c(Cl)c1=O. The van der Waals surface area contributed by atoms with E-state index in [4.69, 9.17) is 11.6 Å². The summed E-state index contributed by atoms with van der Waals surface area (Å²) >= 11 is 6.12. The average Bonchev–Trinajstić information content (AvgIpc) is 2.87. The molecule has 0 fully saturated rings. The molecular weight excluding hydrogens is 264 g/mol. The van der Waals surface area contributed by atoms with E-state index in [-0.39, 0.29) is 10.6 Å². The lowest BCUT2D eigenvalue weighted by atomic mass is 10.2. The maximum Gasteiger partial charge on any atom is 0.287 e. The summed E-state index contributed by atoms with van der Waals surface area (Å²) in [6.45, 7) is 1.29. The van der Waals surface area contributed by atoms with Crippen molar-refractivity contribution < 1.29 is 0 Å². The lowest BCUT2D eigenvalue weighted by Gasteiger charge is -2.16. The first kappa shape index (κ1) is 14.1. The molecule has 1 aromatic rings. The fraction of sp³-hybridized carbons (Fsp3) is 0.538. The van der Waals surface area contributed by atoms with Crippen LogP contribution in [0.4, 0.5) is 5.69 Å². The van der Waals surface area contributed by atoms with Gasteiger partial charge in [0.25, 0.3) is 5.56 Å². The minimum Gasteiger partial charge on any atom is -0.379 e. The number of hydrogen-bond acceptors (Lipinski definition) is 4. The zero-order valence-corrected chi connectivity index (χ0v) is 12.0. The van der Waals surface area contributed by atoms with Crippen LogP contribution in [0.25, 0.3) is 0 Å². The maximum atomic E-state index is 12.1. The fourth-order valence-electron chi connectivity index (χ4n) is 1.97. The quantitative estimate of drug-likeness (QED) is 0.834. The molecule has 1 N–H and O–H groups in total. The lowest BCUT2D eigenvalue weighted by molar-refractivity contribution is 0.367. The molecule has 6 heteroatoms. The topological polar surface area (TPSA) is 50.2 Å². The molecule has 0 aromatic carbocycles. The van der Waals surface area contributed by atoms with Crippen LogP contribution in [-0.4, -0.2) is 41.4 Å². The van der Waals surface area contributed by atoms with Crippen molar-refractivity contribution in [1.82, 2.24) is 14.7 Å². The molecule has 1 aliphatic rings. The predicted octanol–water partition coefficient (Wildman–Crippen LogP) is 1.59. The van der Waals surface area contributed by atoms with E-state index in [2.05, 4.69) is 22.6 Å². The number of halogens is 1. The largest absolute Gasteiger partial charge is 0.379 e. The minimum atomic E-state index is -0.237. The number of likely N-dealkylation sites (N-methyl/N-ethyl adjacent to an activating group) is 1. The summed E-state index contributed by atoms with van der Waals surface area (Å²) < 4.78 is 1.40. The first-order chi connectivity index (χ1) is 9.08. The van der Waals surface area contributed by atoms with Gasteiger partial charge in [0.05, 0.1) is 18.4 Å². The molecule has 0 amide bonds. The highest BCUT2D eigenvalue weighted by Gasteiger charge is 2.14. The van der Waals surface area contributed by atoms with Gasteiger partial charge in [-0.1, -0.05) is 23.8 Å². The Morgan fingerprint density at radius 1 is 1.47 bits per heavy atom. The van der Waals surface area contributed by atoms with Gasteiger partial charge in [0.2, 0.25) is 0 Å². The van der Waals surface area contributed by atoms with Crippen molar-refractivity contribution in [3.05, 3.63) is 33.7 Å². The van der Waals surface area contributed by atoms with Crippen LogP contribution in [0.5, 0.6) is 0 Å². The molecule has 5 nitrogen and oxygen atoms in total. The molecular formula is C13H19ClN4O. The highest BCUT2D eigenvalue weighted by Crippen LogP contribution is 2.20. The van der Waals surface area contributed by atoms with Crippen molar-refractivity contribution in [1.29, 1.82) is 0 Å². The summed E-state index contributed by atoms with van der Waals surface area (Å²) in [6, 6.07) is 0.316. The average molecular weight is 283 g/mol. The van der Waals surface area contributed by atoms with Crippen molar-refractivity contribution in [3.63, 3.8) is 0 Å². The highest BCUT2D eigenvalue weighted by molar-refractivity contribution is 6.32. The van der Waals surface area contributed by atoms with Crippen molar-refractivity contribution >= 4 is 17.3 Å². The van der Waals surface area contributed by atoms with Crippen LogP contribution in [0.15, 0.2) is 23.1 Å². The Bertz CT molecular complexity index is 516. The van der Waals surface area contributed by atoms with Crippen LogP contribution in [0.2, 0.25) is 5.02 Å². The predicted molar refractivity (Wildman–Crippen MR) is 77.8 cm³/mol. The van der Waals surface area contributed by atoms with Gasteiger partial charge in [-0.15, -0.1) is 0 Å². The molecule has 0 atom stereocenters. The van der Waals surface area contributed by atoms with Gasteiger partial charge in [0.1, 0.15) is 5.02 Å². The van der Waals surface area contributed by atoms with Gasteiger partial charge in [0.15, 0.2) is 0 Å². The van der Waals surface area contributed by atoms with E-state index < -0.39 is 0 Å². The number of hydrogen-bond donors (Lipinski definition) is 1. The second kappa shape index (κ2) is 6.21. The standard InChI is InChI=1S/C13H19ClN4O/c1-17(2)7-8-18-13(19)12(14)11(9-15-18)16-10-5-3-4-6-10/h3-4,9-10,16H,5-8H2,1-2H3. The molecule has 1 aliphatic carbocycles. The summed E-state index contributed by atoms with van der Waals surface area (Å²) in [4.78, 5) is 14.1. The molecule has 0 saturated heterocycles. The van der Waals surface area contributed by atoms with E-state index >= 15 is 0 Å². The van der Waals surface area contributed by atoms with E-state index in [0.717, 1.165) is 19.4 Å². The van der Waals surface area contributed by atoms with Gasteiger partial charge in [-0.05, 0) is 26.9 Å². The zero-order valence-electron chi connectivity index (χ0n) is 11.3. The Labute approximate surface area is 117 Å².